The first-order valence-corrected chi connectivity index (χ1v) is 11.9. The van der Waals surface area contributed by atoms with Crippen molar-refractivity contribution in [1.29, 1.82) is 0 Å². The molecule has 2 aromatic heterocycles. The van der Waals surface area contributed by atoms with Crippen molar-refractivity contribution in [3.8, 4) is 5.69 Å². The van der Waals surface area contributed by atoms with E-state index in [1.54, 1.807) is 26.3 Å². The Morgan fingerprint density at radius 2 is 2.08 bits per heavy atom. The average molecular weight is 498 g/mol. The number of fused-ring (bicyclic) bond motifs is 2. The predicted molar refractivity (Wildman–Crippen MR) is 132 cm³/mol. The van der Waals surface area contributed by atoms with E-state index >= 15 is 0 Å². The molecular weight excluding hydrogens is 468 g/mol. The van der Waals surface area contributed by atoms with E-state index in [4.69, 9.17) is 9.47 Å². The van der Waals surface area contributed by atoms with Crippen LogP contribution in [0.4, 0.5) is 8.78 Å². The van der Waals surface area contributed by atoms with E-state index in [0.717, 1.165) is 39.1 Å². The van der Waals surface area contributed by atoms with Crippen LogP contribution in [0.5, 0.6) is 0 Å². The fourth-order valence-corrected chi connectivity index (χ4v) is 5.44. The lowest BCUT2D eigenvalue weighted by Gasteiger charge is -2.36. The van der Waals surface area contributed by atoms with E-state index in [9.17, 15) is 18.7 Å². The molecule has 2 aromatic carbocycles. The van der Waals surface area contributed by atoms with E-state index in [2.05, 4.69) is 10.2 Å². The van der Waals surface area contributed by atoms with Crippen molar-refractivity contribution in [3.05, 3.63) is 59.4 Å². The predicted octanol–water partition coefficient (Wildman–Crippen LogP) is 5.45. The molecule has 1 unspecified atom stereocenters. The Balaban J connectivity index is 1.82. The second-order valence-electron chi connectivity index (χ2n) is 10.4. The highest BCUT2D eigenvalue weighted by atomic mass is 19.2. The van der Waals surface area contributed by atoms with Crippen LogP contribution in [0.15, 0.2) is 36.5 Å². The van der Waals surface area contributed by atoms with Crippen LogP contribution < -0.4 is 0 Å². The van der Waals surface area contributed by atoms with E-state index in [-0.39, 0.29) is 12.5 Å². The maximum atomic E-state index is 14.5. The molecule has 5 rings (SSSR count). The van der Waals surface area contributed by atoms with Crippen molar-refractivity contribution in [1.82, 2.24) is 14.8 Å². The van der Waals surface area contributed by atoms with Gasteiger partial charge in [0.15, 0.2) is 17.2 Å². The molecular formula is C27H29F2N3O4. The molecule has 1 aliphatic heterocycles. The third-order valence-electron chi connectivity index (χ3n) is 7.31. The van der Waals surface area contributed by atoms with Gasteiger partial charge in [0.1, 0.15) is 0 Å². The first kappa shape index (κ1) is 24.4. The fourth-order valence-electron chi connectivity index (χ4n) is 5.44. The largest absolute Gasteiger partial charge is 0.479 e. The molecule has 1 saturated heterocycles. The number of nitrogens with one attached hydrogen (secondary N) is 1. The van der Waals surface area contributed by atoms with Crippen LogP contribution in [0.3, 0.4) is 0 Å². The Morgan fingerprint density at radius 3 is 2.72 bits per heavy atom. The van der Waals surface area contributed by atoms with Gasteiger partial charge in [-0.3, -0.25) is 5.10 Å². The molecule has 0 bridgehead atoms. The Hall–Kier alpha value is -3.30. The van der Waals surface area contributed by atoms with Crippen LogP contribution in [-0.2, 0) is 19.7 Å². The van der Waals surface area contributed by atoms with Gasteiger partial charge >= 0.3 is 5.97 Å². The summed E-state index contributed by atoms with van der Waals surface area (Å²) in [5.41, 5.74) is 2.24. The number of nitrogens with zero attached hydrogens (tertiary/aromatic N) is 2. The number of ether oxygens (including phenoxy) is 2. The molecule has 1 aliphatic rings. The number of aromatic amines is 1. The second kappa shape index (κ2) is 8.67. The summed E-state index contributed by atoms with van der Waals surface area (Å²) < 4.78 is 41.8. The van der Waals surface area contributed by atoms with E-state index in [0.29, 0.717) is 25.1 Å². The van der Waals surface area contributed by atoms with Gasteiger partial charge in [-0.2, -0.15) is 5.10 Å². The number of halogens is 2. The smallest absolute Gasteiger partial charge is 0.335 e. The molecule has 9 heteroatoms. The number of carboxylic acids is 1. The molecule has 1 fully saturated rings. The van der Waals surface area contributed by atoms with Gasteiger partial charge in [0.05, 0.1) is 30.4 Å². The zero-order valence-corrected chi connectivity index (χ0v) is 20.7. The number of hydrogen-bond donors (Lipinski definition) is 2. The molecule has 3 heterocycles. The number of carboxylic acid groups (broad SMARTS) is 1. The van der Waals surface area contributed by atoms with Crippen molar-refractivity contribution in [2.24, 2.45) is 0 Å². The lowest BCUT2D eigenvalue weighted by atomic mass is 9.79. The van der Waals surface area contributed by atoms with Gasteiger partial charge in [-0.25, -0.2) is 13.6 Å². The number of H-pyrrole nitrogens is 1. The van der Waals surface area contributed by atoms with E-state index in [1.165, 1.54) is 6.07 Å². The lowest BCUT2D eigenvalue weighted by molar-refractivity contribution is -0.170. The third kappa shape index (κ3) is 3.87. The molecule has 0 saturated carbocycles. The van der Waals surface area contributed by atoms with Gasteiger partial charge in [-0.15, -0.1) is 0 Å². The summed E-state index contributed by atoms with van der Waals surface area (Å²) in [5.74, 6) is -2.95. The van der Waals surface area contributed by atoms with Gasteiger partial charge < -0.3 is 19.1 Å². The quantitative estimate of drug-likeness (QED) is 0.370. The molecule has 7 nitrogen and oxygen atoms in total. The van der Waals surface area contributed by atoms with Gasteiger partial charge in [-0.05, 0) is 49.6 Å². The van der Waals surface area contributed by atoms with Crippen molar-refractivity contribution in [2.75, 3.05) is 20.3 Å². The number of aromatic nitrogens is 3. The number of carbonyl (C=O) groups is 1. The molecule has 0 radical (unpaired) electrons. The minimum Gasteiger partial charge on any atom is -0.479 e. The minimum atomic E-state index is -1.24. The topological polar surface area (TPSA) is 89.4 Å². The fraction of sp³-hybridized carbons (Fsp3) is 0.407. The Bertz CT molecular complexity index is 1460. The maximum absolute atomic E-state index is 14.5. The number of rotatable bonds is 6. The van der Waals surface area contributed by atoms with Crippen LogP contribution in [0.25, 0.3) is 27.5 Å². The van der Waals surface area contributed by atoms with Crippen molar-refractivity contribution in [2.45, 2.75) is 50.5 Å². The maximum Gasteiger partial charge on any atom is 0.335 e. The lowest BCUT2D eigenvalue weighted by Crippen LogP contribution is -2.43. The van der Waals surface area contributed by atoms with Gasteiger partial charge in [0.2, 0.25) is 0 Å². The van der Waals surface area contributed by atoms with Crippen LogP contribution in [-0.4, -0.2) is 51.8 Å². The number of hydrogen-bond acceptors (Lipinski definition) is 4. The van der Waals surface area contributed by atoms with Crippen LogP contribution >= 0.6 is 0 Å². The first-order valence-electron chi connectivity index (χ1n) is 11.9. The average Bonchev–Trinajstić information content (AvgIpc) is 3.42. The molecule has 2 N–H and O–H groups in total. The number of aliphatic carboxylic acids is 1. The van der Waals surface area contributed by atoms with Crippen LogP contribution in [0.2, 0.25) is 0 Å². The van der Waals surface area contributed by atoms with Crippen LogP contribution in [0, 0.1) is 11.6 Å². The van der Waals surface area contributed by atoms with E-state index in [1.807, 2.05) is 30.5 Å². The Kier molecular flexibility index (Phi) is 5.88. The highest BCUT2D eigenvalue weighted by Gasteiger charge is 2.42. The van der Waals surface area contributed by atoms with Gasteiger partial charge in [-0.1, -0.05) is 13.8 Å². The summed E-state index contributed by atoms with van der Waals surface area (Å²) in [5, 5.41) is 18.6. The van der Waals surface area contributed by atoms with Gasteiger partial charge in [0, 0.05) is 46.7 Å². The highest BCUT2D eigenvalue weighted by molar-refractivity contribution is 5.99. The Morgan fingerprint density at radius 1 is 1.31 bits per heavy atom. The van der Waals surface area contributed by atoms with Crippen molar-refractivity contribution < 1.29 is 28.2 Å². The summed E-state index contributed by atoms with van der Waals surface area (Å²) in [4.78, 5) is 11.8. The monoisotopic (exact) mass is 497 g/mol. The molecule has 0 amide bonds. The van der Waals surface area contributed by atoms with Gasteiger partial charge in [0.25, 0.3) is 0 Å². The van der Waals surface area contributed by atoms with E-state index < -0.39 is 28.6 Å². The van der Waals surface area contributed by atoms with Crippen molar-refractivity contribution >= 4 is 27.8 Å². The molecule has 36 heavy (non-hydrogen) atoms. The highest BCUT2D eigenvalue weighted by Crippen LogP contribution is 2.46. The zero-order chi connectivity index (χ0) is 25.8. The summed E-state index contributed by atoms with van der Waals surface area (Å²) >= 11 is 0. The molecule has 2 atom stereocenters. The first-order chi connectivity index (χ1) is 17.1. The molecule has 190 valence electrons. The minimum absolute atomic E-state index is 0.113. The SMILES string of the molecule is COCC(C)(C)c1c(C2CC[C@@](C)(C(=O)O)OC2)c2cc3[nH]ncc3cc2n1-c1ccc(F)c(F)c1. The zero-order valence-electron chi connectivity index (χ0n) is 20.7. The summed E-state index contributed by atoms with van der Waals surface area (Å²) in [6.07, 6.45) is 2.66. The number of methoxy groups -OCH3 is 1. The third-order valence-corrected chi connectivity index (χ3v) is 7.31. The summed E-state index contributed by atoms with van der Waals surface area (Å²) in [6, 6.07) is 7.88. The normalized spacial score (nSPS) is 20.9. The molecule has 0 aliphatic carbocycles. The summed E-state index contributed by atoms with van der Waals surface area (Å²) in [6.45, 7) is 6.28. The summed E-state index contributed by atoms with van der Waals surface area (Å²) in [7, 11) is 1.63. The molecule has 0 spiro atoms. The molecule has 4 aromatic rings. The number of benzene rings is 2. The second-order valence-corrected chi connectivity index (χ2v) is 10.4. The van der Waals surface area contributed by atoms with Crippen LogP contribution in [0.1, 0.15) is 50.8 Å². The van der Waals surface area contributed by atoms with Crippen molar-refractivity contribution in [3.63, 3.8) is 0 Å². The standard InChI is InChI=1S/C27H29F2N3O4/c1-26(2,14-35-4)24-23(15-7-8-27(3,25(33)34)36-13-15)18-11-21-16(12-30-31-21)9-22(18)32(24)17-5-6-19(28)20(29)10-17/h5-6,9-12,15H,7-8,13-14H2,1-4H3,(H,30,31)(H,33,34)/t15?,27-/m0/s1. The Labute approximate surface area is 207 Å².